The first kappa shape index (κ1) is 28.8. The Labute approximate surface area is 244 Å². The molecule has 0 atom stereocenters. The summed E-state index contributed by atoms with van der Waals surface area (Å²) in [7, 11) is 0. The summed E-state index contributed by atoms with van der Waals surface area (Å²) >= 11 is 2.75. The van der Waals surface area contributed by atoms with Gasteiger partial charge in [-0.3, -0.25) is 0 Å². The van der Waals surface area contributed by atoms with Gasteiger partial charge in [-0.1, -0.05) is 95.0 Å². The summed E-state index contributed by atoms with van der Waals surface area (Å²) in [4.78, 5) is 1.18. The first-order valence-electron chi connectivity index (χ1n) is 14.7. The van der Waals surface area contributed by atoms with Crippen LogP contribution in [-0.4, -0.2) is 6.61 Å². The molecule has 210 valence electrons. The number of ether oxygens (including phenoxy) is 1. The topological polar surface area (TPSA) is 9.23 Å². The van der Waals surface area contributed by atoms with Crippen LogP contribution in [0.4, 0.5) is 8.78 Å². The predicted octanol–water partition coefficient (Wildman–Crippen LogP) is 12.3. The van der Waals surface area contributed by atoms with Crippen molar-refractivity contribution in [3.05, 3.63) is 77.9 Å². The molecule has 40 heavy (non-hydrogen) atoms. The molecule has 0 spiro atoms. The Bertz CT molecular complexity index is 1550. The van der Waals surface area contributed by atoms with Crippen LogP contribution in [0.2, 0.25) is 0 Å². The Kier molecular flexibility index (Phi) is 9.88. The predicted molar refractivity (Wildman–Crippen MR) is 170 cm³/mol. The molecular formula is C35H38F2OS2. The van der Waals surface area contributed by atoms with Gasteiger partial charge in [0.25, 0.3) is 0 Å². The fourth-order valence-electron chi connectivity index (χ4n) is 5.31. The second-order valence-electron chi connectivity index (χ2n) is 10.7. The first-order valence-corrected chi connectivity index (χ1v) is 16.3. The second-order valence-corrected chi connectivity index (χ2v) is 12.8. The molecule has 0 saturated carbocycles. The number of aryl methyl sites for hydroxylation is 1. The molecule has 0 aliphatic carbocycles. The highest BCUT2D eigenvalue weighted by Crippen LogP contribution is 2.44. The van der Waals surface area contributed by atoms with Crippen LogP contribution in [0.5, 0.6) is 5.75 Å². The van der Waals surface area contributed by atoms with Crippen LogP contribution in [0.1, 0.15) is 76.7 Å². The van der Waals surface area contributed by atoms with Gasteiger partial charge in [-0.05, 0) is 60.4 Å². The Morgan fingerprint density at radius 3 is 1.75 bits per heavy atom. The lowest BCUT2D eigenvalue weighted by atomic mass is 10.1. The number of benzene rings is 3. The van der Waals surface area contributed by atoms with Crippen LogP contribution >= 0.6 is 22.7 Å². The van der Waals surface area contributed by atoms with Gasteiger partial charge in [-0.15, -0.1) is 22.7 Å². The lowest BCUT2D eigenvalue weighted by molar-refractivity contribution is 0.302. The average Bonchev–Trinajstić information content (AvgIpc) is 3.47. The van der Waals surface area contributed by atoms with Crippen LogP contribution in [-0.2, 0) is 0 Å². The van der Waals surface area contributed by atoms with Gasteiger partial charge in [0.2, 0.25) is 0 Å². The Morgan fingerprint density at radius 2 is 1.18 bits per heavy atom. The number of rotatable bonds is 14. The molecule has 3 aromatic carbocycles. The Morgan fingerprint density at radius 1 is 0.625 bits per heavy atom. The maximum atomic E-state index is 15.6. The molecule has 2 heterocycles. The molecule has 0 unspecified atom stereocenters. The summed E-state index contributed by atoms with van der Waals surface area (Å²) in [6, 6.07) is 19.0. The van der Waals surface area contributed by atoms with Gasteiger partial charge in [0, 0.05) is 20.2 Å². The van der Waals surface area contributed by atoms with Crippen molar-refractivity contribution in [3.63, 3.8) is 0 Å². The van der Waals surface area contributed by atoms with Crippen LogP contribution in [0, 0.1) is 18.6 Å². The molecule has 5 rings (SSSR count). The number of hydrogen-bond acceptors (Lipinski definition) is 3. The fourth-order valence-corrected chi connectivity index (χ4v) is 7.52. The van der Waals surface area contributed by atoms with Gasteiger partial charge in [0.05, 0.1) is 16.4 Å². The third-order valence-electron chi connectivity index (χ3n) is 7.61. The number of fused-ring (bicyclic) bond motifs is 2. The molecular weight excluding hydrogens is 539 g/mol. The van der Waals surface area contributed by atoms with Crippen molar-refractivity contribution >= 4 is 42.8 Å². The monoisotopic (exact) mass is 576 g/mol. The van der Waals surface area contributed by atoms with E-state index < -0.39 is 0 Å². The zero-order valence-electron chi connectivity index (χ0n) is 23.5. The van der Waals surface area contributed by atoms with Crippen molar-refractivity contribution < 1.29 is 13.5 Å². The van der Waals surface area contributed by atoms with Gasteiger partial charge in [0.1, 0.15) is 17.4 Å². The molecule has 0 amide bonds. The van der Waals surface area contributed by atoms with E-state index >= 15 is 8.78 Å². The van der Waals surface area contributed by atoms with Crippen molar-refractivity contribution in [1.29, 1.82) is 0 Å². The second kappa shape index (κ2) is 13.7. The van der Waals surface area contributed by atoms with E-state index in [2.05, 4.69) is 6.92 Å². The molecule has 1 nitrogen and oxygen atoms in total. The van der Waals surface area contributed by atoms with E-state index in [1.807, 2.05) is 55.5 Å². The van der Waals surface area contributed by atoms with E-state index in [0.717, 1.165) is 38.3 Å². The highest BCUT2D eigenvalue weighted by atomic mass is 32.1. The minimum absolute atomic E-state index is 0.233. The molecule has 0 bridgehead atoms. The van der Waals surface area contributed by atoms with Crippen molar-refractivity contribution in [2.24, 2.45) is 0 Å². The Hall–Kier alpha value is -2.76. The van der Waals surface area contributed by atoms with Gasteiger partial charge < -0.3 is 4.74 Å². The number of hydrogen-bond donors (Lipinski definition) is 0. The SMILES string of the molecule is CCCCCCCCCCCCOc1ccc(-c2sc3cc4c(F)c(-c5ccccc5)sc4cc3c2F)cc1C. The van der Waals surface area contributed by atoms with E-state index in [4.69, 9.17) is 4.74 Å². The van der Waals surface area contributed by atoms with E-state index in [-0.39, 0.29) is 11.6 Å². The normalized spacial score (nSPS) is 11.6. The molecule has 2 aromatic heterocycles. The van der Waals surface area contributed by atoms with E-state index in [1.54, 1.807) is 12.1 Å². The molecule has 0 saturated heterocycles. The zero-order chi connectivity index (χ0) is 27.9. The van der Waals surface area contributed by atoms with Gasteiger partial charge in [-0.2, -0.15) is 0 Å². The minimum atomic E-state index is -0.240. The smallest absolute Gasteiger partial charge is 0.149 e. The molecule has 0 radical (unpaired) electrons. The third kappa shape index (κ3) is 6.58. The number of unbranched alkanes of at least 4 members (excludes halogenated alkanes) is 9. The zero-order valence-corrected chi connectivity index (χ0v) is 25.2. The summed E-state index contributed by atoms with van der Waals surface area (Å²) < 4.78 is 38.6. The van der Waals surface area contributed by atoms with Crippen molar-refractivity contribution in [1.82, 2.24) is 0 Å². The first-order chi connectivity index (χ1) is 19.6. The summed E-state index contributed by atoms with van der Waals surface area (Å²) in [5.74, 6) is 0.385. The van der Waals surface area contributed by atoms with Crippen LogP contribution in [0.3, 0.4) is 0 Å². The van der Waals surface area contributed by atoms with Crippen molar-refractivity contribution in [3.8, 4) is 26.6 Å². The number of thiophene rings is 2. The summed E-state index contributed by atoms with van der Waals surface area (Å²) in [5, 5.41) is 1.10. The molecule has 0 aliphatic heterocycles. The third-order valence-corrected chi connectivity index (χ3v) is 9.96. The van der Waals surface area contributed by atoms with E-state index in [9.17, 15) is 0 Å². The molecule has 0 fully saturated rings. The molecule has 5 aromatic rings. The standard InChI is InChI=1S/C35H38F2OS2/c1-3-4-5-6-7-8-9-10-11-15-20-38-29-19-18-26(21-24(29)2)35-33(37)28-23-30-27(22-31(28)40-35)32(36)34(39-30)25-16-13-12-14-17-25/h12-14,16-19,21-23H,3-11,15,20H2,1-2H3. The summed E-state index contributed by atoms with van der Waals surface area (Å²) in [6.45, 7) is 4.98. The van der Waals surface area contributed by atoms with Gasteiger partial charge in [0.15, 0.2) is 0 Å². The number of halogens is 2. The molecule has 0 N–H and O–H groups in total. The summed E-state index contributed by atoms with van der Waals surface area (Å²) in [6.07, 6.45) is 13.0. The average molecular weight is 577 g/mol. The van der Waals surface area contributed by atoms with E-state index in [0.29, 0.717) is 27.1 Å². The lowest BCUT2D eigenvalue weighted by Gasteiger charge is -2.10. The van der Waals surface area contributed by atoms with Gasteiger partial charge in [-0.25, -0.2) is 8.78 Å². The quantitative estimate of drug-likeness (QED) is 0.119. The highest BCUT2D eigenvalue weighted by molar-refractivity contribution is 7.24. The minimum Gasteiger partial charge on any atom is -0.493 e. The van der Waals surface area contributed by atoms with Crippen molar-refractivity contribution in [2.45, 2.75) is 78.1 Å². The van der Waals surface area contributed by atoms with Crippen LogP contribution < -0.4 is 4.74 Å². The Balaban J connectivity index is 1.21. The van der Waals surface area contributed by atoms with Crippen LogP contribution in [0.15, 0.2) is 60.7 Å². The fraction of sp³-hybridized carbons (Fsp3) is 0.371. The largest absolute Gasteiger partial charge is 0.493 e. The molecule has 0 aliphatic rings. The van der Waals surface area contributed by atoms with Gasteiger partial charge >= 0.3 is 0 Å². The van der Waals surface area contributed by atoms with Crippen molar-refractivity contribution in [2.75, 3.05) is 6.61 Å². The van der Waals surface area contributed by atoms with E-state index in [1.165, 1.54) is 80.5 Å². The summed E-state index contributed by atoms with van der Waals surface area (Å²) in [5.41, 5.74) is 2.67. The maximum absolute atomic E-state index is 15.6. The highest BCUT2D eigenvalue weighted by Gasteiger charge is 2.20. The lowest BCUT2D eigenvalue weighted by Crippen LogP contribution is -1.99. The maximum Gasteiger partial charge on any atom is 0.149 e. The molecule has 5 heteroatoms. The van der Waals surface area contributed by atoms with Crippen LogP contribution in [0.25, 0.3) is 41.1 Å².